The summed E-state index contributed by atoms with van der Waals surface area (Å²) in [7, 11) is 0. The van der Waals surface area contributed by atoms with Crippen LogP contribution in [-0.2, 0) is 4.74 Å². The number of hydrogen-bond donors (Lipinski definition) is 1. The molecule has 5 heteroatoms. The van der Waals surface area contributed by atoms with Crippen LogP contribution in [0.4, 0.5) is 0 Å². The normalized spacial score (nSPS) is 21.9. The minimum Gasteiger partial charge on any atom is -0.377 e. The molecule has 1 fully saturated rings. The minimum atomic E-state index is 0.239. The molecule has 2 heterocycles. The fourth-order valence-electron chi connectivity index (χ4n) is 3.13. The Kier molecular flexibility index (Phi) is 6.21. The van der Waals surface area contributed by atoms with Gasteiger partial charge in [0.25, 0.3) is 0 Å². The van der Waals surface area contributed by atoms with Gasteiger partial charge in [-0.25, -0.2) is 4.98 Å². The molecule has 0 radical (unpaired) electrons. The molecule has 1 saturated heterocycles. The Hall–Kier alpha value is -0.910. The van der Waals surface area contributed by atoms with E-state index in [4.69, 9.17) is 10.5 Å². The molecular formula is C16H30N4O. The molecule has 2 unspecified atom stereocenters. The maximum Gasteiger partial charge on any atom is 0.0951 e. The molecule has 1 aliphatic rings. The molecule has 120 valence electrons. The predicted molar refractivity (Wildman–Crippen MR) is 85.2 cm³/mol. The second kappa shape index (κ2) is 7.92. The van der Waals surface area contributed by atoms with Crippen LogP contribution in [-0.4, -0.2) is 46.8 Å². The van der Waals surface area contributed by atoms with Crippen molar-refractivity contribution in [1.82, 2.24) is 14.5 Å². The van der Waals surface area contributed by atoms with Crippen molar-refractivity contribution in [2.24, 2.45) is 5.73 Å². The zero-order valence-electron chi connectivity index (χ0n) is 13.7. The SMILES string of the molecule is CCCOC1CCCN(C(CN)c2cncn2C(C)C)C1. The van der Waals surface area contributed by atoms with E-state index >= 15 is 0 Å². The molecule has 21 heavy (non-hydrogen) atoms. The Balaban J connectivity index is 2.07. The van der Waals surface area contributed by atoms with E-state index in [9.17, 15) is 0 Å². The highest BCUT2D eigenvalue weighted by atomic mass is 16.5. The van der Waals surface area contributed by atoms with Crippen LogP contribution in [0.25, 0.3) is 0 Å². The summed E-state index contributed by atoms with van der Waals surface area (Å²) < 4.78 is 8.18. The molecule has 0 bridgehead atoms. The van der Waals surface area contributed by atoms with E-state index in [1.165, 1.54) is 12.1 Å². The third-order valence-electron chi connectivity index (χ3n) is 4.23. The number of likely N-dealkylation sites (tertiary alicyclic amines) is 1. The molecule has 0 spiro atoms. The average Bonchev–Trinajstić information content (AvgIpc) is 2.96. The van der Waals surface area contributed by atoms with Crippen LogP contribution in [0, 0.1) is 0 Å². The number of piperidine rings is 1. The van der Waals surface area contributed by atoms with Crippen LogP contribution >= 0.6 is 0 Å². The van der Waals surface area contributed by atoms with E-state index in [0.717, 1.165) is 32.5 Å². The third-order valence-corrected chi connectivity index (χ3v) is 4.23. The van der Waals surface area contributed by atoms with Gasteiger partial charge in [0.15, 0.2) is 0 Å². The molecule has 0 saturated carbocycles. The Morgan fingerprint density at radius 1 is 1.48 bits per heavy atom. The van der Waals surface area contributed by atoms with Gasteiger partial charge in [-0.2, -0.15) is 0 Å². The van der Waals surface area contributed by atoms with E-state index in [1.54, 1.807) is 0 Å². The topological polar surface area (TPSA) is 56.3 Å². The third kappa shape index (κ3) is 4.05. The van der Waals surface area contributed by atoms with Crippen LogP contribution < -0.4 is 5.73 Å². The lowest BCUT2D eigenvalue weighted by Crippen LogP contribution is -2.44. The van der Waals surface area contributed by atoms with Crippen LogP contribution in [0.3, 0.4) is 0 Å². The summed E-state index contributed by atoms with van der Waals surface area (Å²) in [5.41, 5.74) is 7.31. The Bertz CT molecular complexity index is 418. The first-order valence-corrected chi connectivity index (χ1v) is 8.24. The van der Waals surface area contributed by atoms with Crippen LogP contribution in [0.1, 0.15) is 57.8 Å². The van der Waals surface area contributed by atoms with Gasteiger partial charge in [0.1, 0.15) is 0 Å². The van der Waals surface area contributed by atoms with E-state index in [0.29, 0.717) is 18.7 Å². The zero-order chi connectivity index (χ0) is 15.2. The molecular weight excluding hydrogens is 264 g/mol. The molecule has 1 aromatic rings. The van der Waals surface area contributed by atoms with Crippen molar-refractivity contribution < 1.29 is 4.74 Å². The molecule has 5 nitrogen and oxygen atoms in total. The number of aromatic nitrogens is 2. The van der Waals surface area contributed by atoms with Gasteiger partial charge in [-0.1, -0.05) is 6.92 Å². The first-order valence-electron chi connectivity index (χ1n) is 8.24. The summed E-state index contributed by atoms with van der Waals surface area (Å²) in [6.07, 6.45) is 7.66. The lowest BCUT2D eigenvalue weighted by molar-refractivity contribution is -0.0128. The van der Waals surface area contributed by atoms with Gasteiger partial charge < -0.3 is 15.0 Å². The fourth-order valence-corrected chi connectivity index (χ4v) is 3.13. The highest BCUT2D eigenvalue weighted by molar-refractivity contribution is 5.08. The smallest absolute Gasteiger partial charge is 0.0951 e. The van der Waals surface area contributed by atoms with Crippen LogP contribution in [0.2, 0.25) is 0 Å². The molecule has 0 aromatic carbocycles. The zero-order valence-corrected chi connectivity index (χ0v) is 13.7. The molecule has 2 N–H and O–H groups in total. The molecule has 0 aliphatic carbocycles. The second-order valence-corrected chi connectivity index (χ2v) is 6.20. The van der Waals surface area contributed by atoms with Crippen molar-refractivity contribution in [2.75, 3.05) is 26.2 Å². The predicted octanol–water partition coefficient (Wildman–Crippen LogP) is 2.35. The minimum absolute atomic E-state index is 0.239. The van der Waals surface area contributed by atoms with Gasteiger partial charge >= 0.3 is 0 Å². The first-order chi connectivity index (χ1) is 10.2. The van der Waals surface area contributed by atoms with Crippen molar-refractivity contribution in [3.05, 3.63) is 18.2 Å². The van der Waals surface area contributed by atoms with Crippen LogP contribution in [0.5, 0.6) is 0 Å². The summed E-state index contributed by atoms with van der Waals surface area (Å²) in [6, 6.07) is 0.649. The largest absolute Gasteiger partial charge is 0.377 e. The summed E-state index contributed by atoms with van der Waals surface area (Å²) in [4.78, 5) is 6.80. The maximum absolute atomic E-state index is 6.09. The van der Waals surface area contributed by atoms with Crippen molar-refractivity contribution in [2.45, 2.75) is 58.2 Å². The lowest BCUT2D eigenvalue weighted by atomic mass is 10.0. The van der Waals surface area contributed by atoms with Crippen molar-refractivity contribution in [3.8, 4) is 0 Å². The number of imidazole rings is 1. The number of ether oxygens (including phenoxy) is 1. The summed E-state index contributed by atoms with van der Waals surface area (Å²) in [6.45, 7) is 10.1. The molecule has 1 aromatic heterocycles. The Labute approximate surface area is 128 Å². The molecule has 0 amide bonds. The molecule has 2 rings (SSSR count). The highest BCUT2D eigenvalue weighted by Crippen LogP contribution is 2.26. The van der Waals surface area contributed by atoms with E-state index in [2.05, 4.69) is 35.2 Å². The number of rotatable bonds is 7. The van der Waals surface area contributed by atoms with Gasteiger partial charge in [-0.15, -0.1) is 0 Å². The summed E-state index contributed by atoms with van der Waals surface area (Å²) in [5.74, 6) is 0. The van der Waals surface area contributed by atoms with Gasteiger partial charge in [0.05, 0.1) is 24.2 Å². The van der Waals surface area contributed by atoms with Gasteiger partial charge in [-0.3, -0.25) is 4.90 Å². The van der Waals surface area contributed by atoms with E-state index in [-0.39, 0.29) is 6.04 Å². The van der Waals surface area contributed by atoms with Crippen LogP contribution in [0.15, 0.2) is 12.5 Å². The maximum atomic E-state index is 6.09. The number of nitrogens with two attached hydrogens (primary N) is 1. The monoisotopic (exact) mass is 294 g/mol. The van der Waals surface area contributed by atoms with Crippen molar-refractivity contribution >= 4 is 0 Å². The molecule has 1 aliphatic heterocycles. The summed E-state index contributed by atoms with van der Waals surface area (Å²) in [5, 5.41) is 0. The first kappa shape index (κ1) is 16.5. The van der Waals surface area contributed by atoms with Crippen molar-refractivity contribution in [1.29, 1.82) is 0 Å². The van der Waals surface area contributed by atoms with Gasteiger partial charge in [-0.05, 0) is 39.7 Å². The Morgan fingerprint density at radius 2 is 2.29 bits per heavy atom. The average molecular weight is 294 g/mol. The van der Waals surface area contributed by atoms with Crippen molar-refractivity contribution in [3.63, 3.8) is 0 Å². The summed E-state index contributed by atoms with van der Waals surface area (Å²) >= 11 is 0. The quantitative estimate of drug-likeness (QED) is 0.838. The van der Waals surface area contributed by atoms with E-state index < -0.39 is 0 Å². The number of hydrogen-bond acceptors (Lipinski definition) is 4. The fraction of sp³-hybridized carbons (Fsp3) is 0.812. The second-order valence-electron chi connectivity index (χ2n) is 6.20. The standard InChI is InChI=1S/C16H30N4O/c1-4-8-21-14-6-5-7-19(11-14)15(9-17)16-10-18-12-20(16)13(2)3/h10,12-15H,4-9,11,17H2,1-3H3. The van der Waals surface area contributed by atoms with Gasteiger partial charge in [0.2, 0.25) is 0 Å². The highest BCUT2D eigenvalue weighted by Gasteiger charge is 2.28. The Morgan fingerprint density at radius 3 is 2.95 bits per heavy atom. The van der Waals surface area contributed by atoms with Gasteiger partial charge in [0, 0.05) is 31.9 Å². The van der Waals surface area contributed by atoms with E-state index in [1.807, 2.05) is 12.5 Å². The molecule has 2 atom stereocenters. The number of nitrogens with zero attached hydrogens (tertiary/aromatic N) is 3. The lowest BCUT2D eigenvalue weighted by Gasteiger charge is -2.38.